The number of hydrogen-bond acceptors (Lipinski definition) is 3. The van der Waals surface area contributed by atoms with E-state index >= 15 is 0 Å². The van der Waals surface area contributed by atoms with E-state index in [4.69, 9.17) is 0 Å². The molecular weight excluding hydrogens is 314 g/mol. The third-order valence-electron chi connectivity index (χ3n) is 6.07. The summed E-state index contributed by atoms with van der Waals surface area (Å²) in [7, 11) is 0. The third-order valence-corrected chi connectivity index (χ3v) is 6.07. The number of carbonyl (C=O) groups is 2. The quantitative estimate of drug-likeness (QED) is 0.872. The van der Waals surface area contributed by atoms with E-state index < -0.39 is 5.66 Å². The Hall–Kier alpha value is -2.40. The summed E-state index contributed by atoms with van der Waals surface area (Å²) in [6, 6.07) is 12.2. The average Bonchev–Trinajstić information content (AvgIpc) is 3.07. The van der Waals surface area contributed by atoms with Crippen molar-refractivity contribution in [2.24, 2.45) is 5.92 Å². The van der Waals surface area contributed by atoms with Crippen LogP contribution in [-0.2, 0) is 10.5 Å². The van der Waals surface area contributed by atoms with Gasteiger partial charge >= 0.3 is 0 Å². The Morgan fingerprint density at radius 3 is 2.52 bits per heavy atom. The Bertz CT molecular complexity index is 951. The molecule has 0 aromatic heterocycles. The van der Waals surface area contributed by atoms with Gasteiger partial charge in [0.05, 0.1) is 11.5 Å². The summed E-state index contributed by atoms with van der Waals surface area (Å²) in [5.74, 6) is -0.222. The van der Waals surface area contributed by atoms with Gasteiger partial charge in [0.1, 0.15) is 0 Å². The number of nitrogens with zero attached hydrogens (tertiary/aromatic N) is 2. The van der Waals surface area contributed by atoms with Crippen LogP contribution in [0, 0.1) is 5.92 Å². The van der Waals surface area contributed by atoms with Gasteiger partial charge in [-0.25, -0.2) is 0 Å². The maximum atomic E-state index is 13.4. The van der Waals surface area contributed by atoms with Crippen molar-refractivity contribution in [2.75, 3.05) is 6.54 Å². The summed E-state index contributed by atoms with van der Waals surface area (Å²) in [6.07, 6.45) is 0.689. The van der Waals surface area contributed by atoms with Crippen LogP contribution in [0.2, 0.25) is 0 Å². The zero-order valence-corrected chi connectivity index (χ0v) is 14.7. The van der Waals surface area contributed by atoms with Crippen molar-refractivity contribution < 1.29 is 9.59 Å². The predicted molar refractivity (Wildman–Crippen MR) is 94.5 cm³/mol. The van der Waals surface area contributed by atoms with Crippen molar-refractivity contribution in [3.63, 3.8) is 0 Å². The lowest BCUT2D eigenvalue weighted by molar-refractivity contribution is -0.125. The Kier molecular flexibility index (Phi) is 2.63. The Morgan fingerprint density at radius 2 is 1.84 bits per heavy atom. The molecule has 2 amide bonds. The Morgan fingerprint density at radius 1 is 1.16 bits per heavy atom. The van der Waals surface area contributed by atoms with Crippen LogP contribution in [-0.4, -0.2) is 33.8 Å². The van der Waals surface area contributed by atoms with Gasteiger partial charge in [0.15, 0.2) is 5.66 Å². The van der Waals surface area contributed by atoms with Crippen LogP contribution < -0.4 is 5.43 Å². The second-order valence-corrected chi connectivity index (χ2v) is 7.95. The Labute approximate surface area is 146 Å². The lowest BCUT2D eigenvalue weighted by atomic mass is 9.83. The number of hydrogen-bond donors (Lipinski definition) is 1. The molecule has 2 atom stereocenters. The summed E-state index contributed by atoms with van der Waals surface area (Å²) in [5.41, 5.74) is 3.69. The van der Waals surface area contributed by atoms with Crippen LogP contribution in [0.1, 0.15) is 43.1 Å². The third kappa shape index (κ3) is 1.53. The first-order valence-electron chi connectivity index (χ1n) is 8.87. The van der Waals surface area contributed by atoms with Gasteiger partial charge < -0.3 is 4.90 Å². The van der Waals surface area contributed by atoms with Crippen molar-refractivity contribution in [2.45, 2.75) is 38.4 Å². The molecule has 0 unspecified atom stereocenters. The number of amides is 2. The minimum absolute atomic E-state index is 0.0109. The number of fused-ring (bicyclic) bond motifs is 2. The highest BCUT2D eigenvalue weighted by atomic mass is 16.2. The van der Waals surface area contributed by atoms with Crippen LogP contribution in [0.15, 0.2) is 36.4 Å². The molecule has 2 saturated heterocycles. The predicted octanol–water partition coefficient (Wildman–Crippen LogP) is 2.61. The highest BCUT2D eigenvalue weighted by Gasteiger charge is 2.71. The van der Waals surface area contributed by atoms with E-state index in [1.807, 2.05) is 41.1 Å². The molecule has 2 fully saturated rings. The number of nitrogens with one attached hydrogen (secondary N) is 1. The fraction of sp³-hybridized carbons (Fsp3) is 0.400. The highest BCUT2D eigenvalue weighted by Crippen LogP contribution is 2.57. The van der Waals surface area contributed by atoms with E-state index in [-0.39, 0.29) is 23.3 Å². The van der Waals surface area contributed by atoms with Gasteiger partial charge in [0, 0.05) is 17.7 Å². The van der Waals surface area contributed by atoms with Gasteiger partial charge in [-0.3, -0.25) is 15.0 Å². The van der Waals surface area contributed by atoms with E-state index in [2.05, 4.69) is 31.4 Å². The summed E-state index contributed by atoms with van der Waals surface area (Å²) < 4.78 is 0. The minimum Gasteiger partial charge on any atom is -0.307 e. The van der Waals surface area contributed by atoms with Gasteiger partial charge in [0.2, 0.25) is 5.91 Å². The van der Waals surface area contributed by atoms with Crippen LogP contribution in [0.4, 0.5) is 0 Å². The smallest absolute Gasteiger partial charge is 0.256 e. The largest absolute Gasteiger partial charge is 0.307 e. The van der Waals surface area contributed by atoms with Crippen molar-refractivity contribution in [1.29, 1.82) is 0 Å². The molecule has 0 aliphatic carbocycles. The Balaban J connectivity index is 1.87. The van der Waals surface area contributed by atoms with Crippen molar-refractivity contribution >= 4 is 22.6 Å². The molecule has 1 spiro atoms. The topological polar surface area (TPSA) is 52.7 Å². The minimum atomic E-state index is -0.703. The van der Waals surface area contributed by atoms with Crippen molar-refractivity contribution in [1.82, 2.24) is 15.3 Å². The van der Waals surface area contributed by atoms with E-state index in [0.29, 0.717) is 13.0 Å². The maximum Gasteiger partial charge on any atom is 0.256 e. The number of hydrazine groups is 1. The van der Waals surface area contributed by atoms with E-state index in [1.165, 1.54) is 0 Å². The fourth-order valence-corrected chi connectivity index (χ4v) is 5.22. The highest BCUT2D eigenvalue weighted by molar-refractivity contribution is 6.06. The molecule has 3 aliphatic rings. The lowest BCUT2D eigenvalue weighted by Crippen LogP contribution is -2.53. The van der Waals surface area contributed by atoms with Gasteiger partial charge in [-0.15, -0.1) is 0 Å². The molecule has 5 rings (SSSR count). The maximum absolute atomic E-state index is 13.4. The van der Waals surface area contributed by atoms with E-state index in [1.54, 1.807) is 0 Å². The molecule has 1 N–H and O–H groups in total. The van der Waals surface area contributed by atoms with Gasteiger partial charge in [-0.2, -0.15) is 5.01 Å². The molecule has 3 aliphatic heterocycles. The van der Waals surface area contributed by atoms with Crippen LogP contribution in [0.5, 0.6) is 0 Å². The molecule has 5 nitrogen and oxygen atoms in total. The first kappa shape index (κ1) is 14.9. The molecule has 25 heavy (non-hydrogen) atoms. The molecule has 2 aromatic carbocycles. The zero-order valence-electron chi connectivity index (χ0n) is 14.7. The molecule has 3 heterocycles. The normalized spacial score (nSPS) is 29.7. The second-order valence-electron chi connectivity index (χ2n) is 7.95. The van der Waals surface area contributed by atoms with Crippen LogP contribution in [0.3, 0.4) is 0 Å². The van der Waals surface area contributed by atoms with Gasteiger partial charge in [0.25, 0.3) is 5.91 Å². The van der Waals surface area contributed by atoms with Crippen LogP contribution in [0.25, 0.3) is 10.8 Å². The zero-order chi connectivity index (χ0) is 17.6. The number of carbonyl (C=O) groups excluding carboxylic acids is 2. The SMILES string of the molecule is CC[C@H]1C(=O)NN2CC(C)(C)N3C(=O)c4cc5ccccc5cc4[C@@]123. The monoisotopic (exact) mass is 335 g/mol. The summed E-state index contributed by atoms with van der Waals surface area (Å²) in [5, 5.41) is 4.16. The average molecular weight is 335 g/mol. The number of rotatable bonds is 1. The van der Waals surface area contributed by atoms with Crippen molar-refractivity contribution in [3.05, 3.63) is 47.5 Å². The molecule has 5 heteroatoms. The van der Waals surface area contributed by atoms with Crippen molar-refractivity contribution in [3.8, 4) is 0 Å². The molecule has 0 saturated carbocycles. The standard InChI is InChI=1S/C20H21N3O2/c1-4-15-17(24)21-22-11-19(2,3)23-18(25)14-9-12-7-5-6-8-13(12)10-16(14)20(15,22)23/h5-10,15H,4,11H2,1-3H3,(H,21,24)/t15-,20-/m0/s1. The fourth-order valence-electron chi connectivity index (χ4n) is 5.22. The van der Waals surface area contributed by atoms with Gasteiger partial charge in [-0.1, -0.05) is 31.2 Å². The summed E-state index contributed by atoms with van der Waals surface area (Å²) in [6.45, 7) is 6.81. The van der Waals surface area contributed by atoms with E-state index in [0.717, 1.165) is 21.9 Å². The number of benzene rings is 2. The summed E-state index contributed by atoms with van der Waals surface area (Å²) in [4.78, 5) is 28.0. The lowest BCUT2D eigenvalue weighted by Gasteiger charge is -2.40. The van der Waals surface area contributed by atoms with E-state index in [9.17, 15) is 9.59 Å². The molecule has 128 valence electrons. The second kappa shape index (κ2) is 4.41. The van der Waals surface area contributed by atoms with Crippen LogP contribution >= 0.6 is 0 Å². The first-order valence-corrected chi connectivity index (χ1v) is 8.87. The van der Waals surface area contributed by atoms with Gasteiger partial charge in [-0.05, 0) is 43.2 Å². The molecule has 2 aromatic rings. The molecule has 0 radical (unpaired) electrons. The summed E-state index contributed by atoms with van der Waals surface area (Å²) >= 11 is 0. The molecule has 0 bridgehead atoms. The molecular formula is C20H21N3O2. The first-order chi connectivity index (χ1) is 11.9.